The van der Waals surface area contributed by atoms with Crippen molar-refractivity contribution in [2.24, 2.45) is 0 Å². The van der Waals surface area contributed by atoms with E-state index in [4.69, 9.17) is 4.74 Å². The summed E-state index contributed by atoms with van der Waals surface area (Å²) in [5, 5.41) is 0. The van der Waals surface area contributed by atoms with E-state index in [1.807, 2.05) is 30.3 Å². The molecule has 2 atom stereocenters. The molecule has 0 aliphatic carbocycles. The van der Waals surface area contributed by atoms with Gasteiger partial charge in [0.1, 0.15) is 11.9 Å². The van der Waals surface area contributed by atoms with Gasteiger partial charge in [-0.2, -0.15) is 13.2 Å². The monoisotopic (exact) mass is 349 g/mol. The van der Waals surface area contributed by atoms with Crippen LogP contribution in [-0.2, 0) is 6.18 Å². The van der Waals surface area contributed by atoms with Gasteiger partial charge in [-0.05, 0) is 56.3 Å². The zero-order valence-corrected chi connectivity index (χ0v) is 14.2. The predicted octanol–water partition coefficient (Wildman–Crippen LogP) is 5.31. The standard InChI is InChI=1S/C20H22F3NO/c1-24-13-5-8-17(24)14-19(15-6-3-2-4-7-15)25-18-11-9-16(10-12-18)20(21,22)23/h2-4,6-7,9-12,17,19H,5,8,13-14H2,1H3. The zero-order valence-electron chi connectivity index (χ0n) is 14.2. The minimum absolute atomic E-state index is 0.177. The molecule has 3 rings (SSSR count). The van der Waals surface area contributed by atoms with Gasteiger partial charge in [-0.15, -0.1) is 0 Å². The maximum atomic E-state index is 12.7. The van der Waals surface area contributed by atoms with Gasteiger partial charge in [0.2, 0.25) is 0 Å². The van der Waals surface area contributed by atoms with E-state index in [0.717, 1.165) is 37.1 Å². The highest BCUT2D eigenvalue weighted by Gasteiger charge is 2.30. The van der Waals surface area contributed by atoms with Crippen LogP contribution in [0.15, 0.2) is 54.6 Å². The minimum atomic E-state index is -4.33. The van der Waals surface area contributed by atoms with E-state index in [0.29, 0.717) is 11.8 Å². The summed E-state index contributed by atoms with van der Waals surface area (Å²) in [6.07, 6.45) is -1.39. The molecule has 5 heteroatoms. The number of ether oxygens (including phenoxy) is 1. The minimum Gasteiger partial charge on any atom is -0.486 e. The summed E-state index contributed by atoms with van der Waals surface area (Å²) < 4.78 is 44.2. The molecule has 0 bridgehead atoms. The maximum Gasteiger partial charge on any atom is 0.416 e. The van der Waals surface area contributed by atoms with Crippen molar-refractivity contribution in [2.75, 3.05) is 13.6 Å². The van der Waals surface area contributed by atoms with Crippen molar-refractivity contribution < 1.29 is 17.9 Å². The Morgan fingerprint density at radius 3 is 2.32 bits per heavy atom. The molecule has 2 nitrogen and oxygen atoms in total. The quantitative estimate of drug-likeness (QED) is 0.725. The molecule has 1 fully saturated rings. The van der Waals surface area contributed by atoms with Gasteiger partial charge in [0, 0.05) is 12.5 Å². The summed E-state index contributed by atoms with van der Waals surface area (Å²) in [4.78, 5) is 2.33. The van der Waals surface area contributed by atoms with Crippen LogP contribution in [0, 0.1) is 0 Å². The Morgan fingerprint density at radius 1 is 1.08 bits per heavy atom. The first-order valence-corrected chi connectivity index (χ1v) is 8.52. The summed E-state index contributed by atoms with van der Waals surface area (Å²) in [7, 11) is 2.11. The number of benzene rings is 2. The van der Waals surface area contributed by atoms with Crippen molar-refractivity contribution >= 4 is 0 Å². The lowest BCUT2D eigenvalue weighted by Gasteiger charge is -2.26. The molecule has 134 valence electrons. The molecule has 0 aromatic heterocycles. The van der Waals surface area contributed by atoms with Crippen LogP contribution < -0.4 is 4.74 Å². The lowest BCUT2D eigenvalue weighted by atomic mass is 10.0. The van der Waals surface area contributed by atoms with E-state index < -0.39 is 11.7 Å². The van der Waals surface area contributed by atoms with E-state index in [-0.39, 0.29) is 6.10 Å². The summed E-state index contributed by atoms with van der Waals surface area (Å²) >= 11 is 0. The first kappa shape index (κ1) is 17.8. The number of hydrogen-bond donors (Lipinski definition) is 0. The number of alkyl halides is 3. The van der Waals surface area contributed by atoms with Gasteiger partial charge in [0.15, 0.2) is 0 Å². The van der Waals surface area contributed by atoms with Gasteiger partial charge in [-0.3, -0.25) is 0 Å². The molecule has 0 spiro atoms. The zero-order chi connectivity index (χ0) is 17.9. The molecular formula is C20H22F3NO. The predicted molar refractivity (Wildman–Crippen MR) is 91.5 cm³/mol. The van der Waals surface area contributed by atoms with E-state index >= 15 is 0 Å². The van der Waals surface area contributed by atoms with Crippen molar-refractivity contribution in [1.82, 2.24) is 4.90 Å². The lowest BCUT2D eigenvalue weighted by Crippen LogP contribution is -2.28. The average molecular weight is 349 g/mol. The van der Waals surface area contributed by atoms with E-state index in [1.54, 1.807) is 0 Å². The summed E-state index contributed by atoms with van der Waals surface area (Å²) in [5.41, 5.74) is 0.384. The van der Waals surface area contributed by atoms with E-state index in [1.165, 1.54) is 18.6 Å². The highest BCUT2D eigenvalue weighted by molar-refractivity contribution is 5.30. The molecule has 0 amide bonds. The Balaban J connectivity index is 1.77. The van der Waals surface area contributed by atoms with Gasteiger partial charge < -0.3 is 9.64 Å². The van der Waals surface area contributed by atoms with Crippen molar-refractivity contribution in [3.05, 3.63) is 65.7 Å². The van der Waals surface area contributed by atoms with Crippen LogP contribution in [0.3, 0.4) is 0 Å². The second kappa shape index (κ2) is 7.48. The molecule has 1 aliphatic heterocycles. The second-order valence-corrected chi connectivity index (χ2v) is 6.55. The van der Waals surface area contributed by atoms with Crippen molar-refractivity contribution in [3.8, 4) is 5.75 Å². The molecule has 1 heterocycles. The highest BCUT2D eigenvalue weighted by atomic mass is 19.4. The van der Waals surface area contributed by atoms with Crippen LogP contribution in [0.2, 0.25) is 0 Å². The first-order chi connectivity index (χ1) is 11.9. The van der Waals surface area contributed by atoms with Gasteiger partial charge in [0.05, 0.1) is 5.56 Å². The van der Waals surface area contributed by atoms with Crippen molar-refractivity contribution in [1.29, 1.82) is 0 Å². The first-order valence-electron chi connectivity index (χ1n) is 8.52. The van der Waals surface area contributed by atoms with Gasteiger partial charge in [-0.25, -0.2) is 0 Å². The van der Waals surface area contributed by atoms with Crippen molar-refractivity contribution in [3.63, 3.8) is 0 Å². The van der Waals surface area contributed by atoms with E-state index in [9.17, 15) is 13.2 Å². The third-order valence-electron chi connectivity index (χ3n) is 4.79. The molecule has 0 N–H and O–H groups in total. The van der Waals surface area contributed by atoms with Crippen LogP contribution in [0.25, 0.3) is 0 Å². The van der Waals surface area contributed by atoms with E-state index in [2.05, 4.69) is 11.9 Å². The smallest absolute Gasteiger partial charge is 0.416 e. The summed E-state index contributed by atoms with van der Waals surface area (Å²) in [6, 6.07) is 15.2. The molecule has 2 unspecified atom stereocenters. The fourth-order valence-corrected chi connectivity index (χ4v) is 3.33. The Labute approximate surface area is 146 Å². The molecule has 1 saturated heterocycles. The van der Waals surface area contributed by atoms with Gasteiger partial charge in [0.25, 0.3) is 0 Å². The number of halogens is 3. The molecule has 25 heavy (non-hydrogen) atoms. The fourth-order valence-electron chi connectivity index (χ4n) is 3.33. The maximum absolute atomic E-state index is 12.7. The van der Waals surface area contributed by atoms with Crippen molar-refractivity contribution in [2.45, 2.75) is 37.6 Å². The normalized spacial score (nSPS) is 19.8. The third-order valence-corrected chi connectivity index (χ3v) is 4.79. The number of rotatable bonds is 5. The van der Waals surface area contributed by atoms with Gasteiger partial charge >= 0.3 is 6.18 Å². The summed E-state index contributed by atoms with van der Waals surface area (Å²) in [5.74, 6) is 0.461. The third kappa shape index (κ3) is 4.54. The van der Waals surface area contributed by atoms with Crippen LogP contribution >= 0.6 is 0 Å². The number of hydrogen-bond acceptors (Lipinski definition) is 2. The molecule has 1 aliphatic rings. The molecule has 0 radical (unpaired) electrons. The number of nitrogens with zero attached hydrogens (tertiary/aromatic N) is 1. The Morgan fingerprint density at radius 2 is 1.76 bits per heavy atom. The van der Waals surface area contributed by atoms with Crippen LogP contribution in [0.4, 0.5) is 13.2 Å². The Kier molecular flexibility index (Phi) is 5.33. The van der Waals surface area contributed by atoms with Crippen LogP contribution in [0.1, 0.15) is 36.5 Å². The largest absolute Gasteiger partial charge is 0.486 e. The second-order valence-electron chi connectivity index (χ2n) is 6.55. The molecule has 2 aromatic carbocycles. The lowest BCUT2D eigenvalue weighted by molar-refractivity contribution is -0.137. The highest BCUT2D eigenvalue weighted by Crippen LogP contribution is 2.33. The van der Waals surface area contributed by atoms with Crippen LogP contribution in [-0.4, -0.2) is 24.5 Å². The molecule has 2 aromatic rings. The molecular weight excluding hydrogens is 327 g/mol. The van der Waals surface area contributed by atoms with Crippen LogP contribution in [0.5, 0.6) is 5.75 Å². The van der Waals surface area contributed by atoms with Gasteiger partial charge in [-0.1, -0.05) is 30.3 Å². The SMILES string of the molecule is CN1CCCC1CC(Oc1ccc(C(F)(F)F)cc1)c1ccccc1. The average Bonchev–Trinajstić information content (AvgIpc) is 3.00. The molecule has 0 saturated carbocycles. The summed E-state index contributed by atoms with van der Waals surface area (Å²) in [6.45, 7) is 1.08. The Hall–Kier alpha value is -2.01. The Bertz CT molecular complexity index is 670. The fraction of sp³-hybridized carbons (Fsp3) is 0.400. The number of likely N-dealkylation sites (tertiary alicyclic amines) is 1. The topological polar surface area (TPSA) is 12.5 Å².